The molecule has 7 heteroatoms. The van der Waals surface area contributed by atoms with Crippen molar-refractivity contribution in [3.63, 3.8) is 0 Å². The highest BCUT2D eigenvalue weighted by Crippen LogP contribution is 2.33. The van der Waals surface area contributed by atoms with Gasteiger partial charge in [0.15, 0.2) is 0 Å². The molecule has 1 amide bonds. The van der Waals surface area contributed by atoms with Crippen molar-refractivity contribution in [3.05, 3.63) is 0 Å². The number of hydrogen-bond donors (Lipinski definition) is 2. The summed E-state index contributed by atoms with van der Waals surface area (Å²) < 4.78 is 5.33. The summed E-state index contributed by atoms with van der Waals surface area (Å²) in [4.78, 5) is 14.8. The molecule has 0 radical (unpaired) electrons. The Morgan fingerprint density at radius 1 is 1.23 bits per heavy atom. The first-order valence-corrected chi connectivity index (χ1v) is 8.04. The van der Waals surface area contributed by atoms with Crippen LogP contribution in [0.25, 0.3) is 0 Å². The second-order valence-electron chi connectivity index (χ2n) is 6.69. The van der Waals surface area contributed by atoms with Crippen molar-refractivity contribution < 1.29 is 9.53 Å². The maximum absolute atomic E-state index is 12.3. The first kappa shape index (κ1) is 20.0. The lowest BCUT2D eigenvalue weighted by Crippen LogP contribution is -2.50. The predicted octanol–water partition coefficient (Wildman–Crippen LogP) is 1.33. The molecule has 3 unspecified atom stereocenters. The first-order valence-electron chi connectivity index (χ1n) is 8.04. The van der Waals surface area contributed by atoms with E-state index in [1.54, 1.807) is 0 Å². The Labute approximate surface area is 145 Å². The zero-order valence-corrected chi connectivity index (χ0v) is 14.8. The summed E-state index contributed by atoms with van der Waals surface area (Å²) in [6.45, 7) is 4.74. The van der Waals surface area contributed by atoms with Gasteiger partial charge in [-0.05, 0) is 44.9 Å². The van der Waals surface area contributed by atoms with E-state index in [9.17, 15) is 4.79 Å². The molecular weight excluding hydrogens is 325 g/mol. The Balaban J connectivity index is 0.00000121. The van der Waals surface area contributed by atoms with Gasteiger partial charge in [-0.15, -0.1) is 24.8 Å². The van der Waals surface area contributed by atoms with Crippen LogP contribution in [0.2, 0.25) is 0 Å². The number of carbonyl (C=O) groups is 1. The van der Waals surface area contributed by atoms with Crippen LogP contribution in [0.5, 0.6) is 0 Å². The highest BCUT2D eigenvalue weighted by atomic mass is 35.5. The van der Waals surface area contributed by atoms with Crippen molar-refractivity contribution in [1.29, 1.82) is 0 Å². The molecular formula is C15H29Cl2N3O2. The zero-order chi connectivity index (χ0) is 14.1. The molecule has 5 nitrogen and oxygen atoms in total. The lowest BCUT2D eigenvalue weighted by atomic mass is 9.91. The van der Waals surface area contributed by atoms with E-state index in [0.29, 0.717) is 6.04 Å². The van der Waals surface area contributed by atoms with E-state index in [2.05, 4.69) is 17.1 Å². The number of ether oxygens (including phenoxy) is 1. The Morgan fingerprint density at radius 3 is 2.45 bits per heavy atom. The quantitative estimate of drug-likeness (QED) is 0.799. The summed E-state index contributed by atoms with van der Waals surface area (Å²) in [7, 11) is 0. The van der Waals surface area contributed by atoms with Crippen LogP contribution in [0.1, 0.15) is 39.0 Å². The van der Waals surface area contributed by atoms with E-state index in [-0.39, 0.29) is 48.7 Å². The molecule has 3 N–H and O–H groups in total. The number of carbonyl (C=O) groups excluding carboxylic acids is 1. The molecule has 0 aromatic rings. The van der Waals surface area contributed by atoms with Gasteiger partial charge in [-0.3, -0.25) is 9.69 Å². The molecule has 3 atom stereocenters. The van der Waals surface area contributed by atoms with E-state index >= 15 is 0 Å². The minimum absolute atomic E-state index is 0. The molecule has 0 spiro atoms. The lowest BCUT2D eigenvalue weighted by molar-refractivity contribution is -0.125. The van der Waals surface area contributed by atoms with Gasteiger partial charge in [0.2, 0.25) is 5.91 Å². The van der Waals surface area contributed by atoms with Crippen LogP contribution in [0.15, 0.2) is 0 Å². The molecule has 2 heterocycles. The largest absolute Gasteiger partial charge is 0.381 e. The molecule has 2 aliphatic heterocycles. The van der Waals surface area contributed by atoms with Gasteiger partial charge in [-0.2, -0.15) is 0 Å². The van der Waals surface area contributed by atoms with Gasteiger partial charge >= 0.3 is 0 Å². The monoisotopic (exact) mass is 353 g/mol. The number of nitrogens with zero attached hydrogens (tertiary/aromatic N) is 1. The fourth-order valence-corrected chi connectivity index (χ4v) is 3.66. The van der Waals surface area contributed by atoms with Crippen molar-refractivity contribution >= 4 is 30.7 Å². The molecule has 130 valence electrons. The number of nitrogens with one attached hydrogen (secondary N) is 1. The summed E-state index contributed by atoms with van der Waals surface area (Å²) in [6, 6.07) is 1.27. The summed E-state index contributed by atoms with van der Waals surface area (Å²) in [5.41, 5.74) is 6.13. The highest BCUT2D eigenvalue weighted by molar-refractivity contribution is 5.85. The topological polar surface area (TPSA) is 67.6 Å². The van der Waals surface area contributed by atoms with Crippen LogP contribution in [-0.4, -0.2) is 54.7 Å². The summed E-state index contributed by atoms with van der Waals surface area (Å²) >= 11 is 0. The second kappa shape index (κ2) is 8.69. The first-order chi connectivity index (χ1) is 9.65. The maximum atomic E-state index is 12.3. The van der Waals surface area contributed by atoms with Gasteiger partial charge in [0.05, 0.1) is 6.04 Å². The Morgan fingerprint density at radius 2 is 1.86 bits per heavy atom. The van der Waals surface area contributed by atoms with Crippen LogP contribution >= 0.6 is 24.8 Å². The maximum Gasteiger partial charge on any atom is 0.237 e. The van der Waals surface area contributed by atoms with Gasteiger partial charge in [0, 0.05) is 37.9 Å². The molecule has 0 bridgehead atoms. The second-order valence-corrected chi connectivity index (χ2v) is 6.69. The Bertz CT molecular complexity index is 363. The van der Waals surface area contributed by atoms with E-state index in [4.69, 9.17) is 10.5 Å². The average Bonchev–Trinajstić information content (AvgIpc) is 3.23. The normalized spacial score (nSPS) is 31.0. The van der Waals surface area contributed by atoms with Crippen LogP contribution in [-0.2, 0) is 9.53 Å². The average molecular weight is 354 g/mol. The van der Waals surface area contributed by atoms with Crippen LogP contribution in [0.4, 0.5) is 0 Å². The standard InChI is InChI=1S/C15H27N3O2.2ClH/c1-10-8-12(9-18(10)13-2-3-13)17-15(19)14(16)11-4-6-20-7-5-11;;/h10-14H,2-9,16H2,1H3,(H,17,19);2*1H. The van der Waals surface area contributed by atoms with Gasteiger partial charge in [-0.1, -0.05) is 0 Å². The number of likely N-dealkylation sites (tertiary alicyclic amines) is 1. The molecule has 3 fully saturated rings. The molecule has 2 saturated heterocycles. The van der Waals surface area contributed by atoms with E-state index in [0.717, 1.165) is 45.1 Å². The summed E-state index contributed by atoms with van der Waals surface area (Å²) in [5.74, 6) is 0.314. The number of hydrogen-bond acceptors (Lipinski definition) is 4. The van der Waals surface area contributed by atoms with Crippen molar-refractivity contribution in [2.75, 3.05) is 19.8 Å². The van der Waals surface area contributed by atoms with Gasteiger partial charge < -0.3 is 15.8 Å². The third-order valence-electron chi connectivity index (χ3n) is 5.06. The molecule has 3 aliphatic rings. The minimum Gasteiger partial charge on any atom is -0.381 e. The molecule has 0 aromatic heterocycles. The third kappa shape index (κ3) is 4.71. The fraction of sp³-hybridized carbons (Fsp3) is 0.933. The molecule has 3 rings (SSSR count). The van der Waals surface area contributed by atoms with Crippen LogP contribution in [0, 0.1) is 5.92 Å². The smallest absolute Gasteiger partial charge is 0.237 e. The molecule has 0 aromatic carbocycles. The number of halogens is 2. The number of nitrogens with two attached hydrogens (primary N) is 1. The van der Waals surface area contributed by atoms with E-state index in [1.165, 1.54) is 12.8 Å². The molecule has 1 aliphatic carbocycles. The van der Waals surface area contributed by atoms with E-state index in [1.807, 2.05) is 0 Å². The van der Waals surface area contributed by atoms with Gasteiger partial charge in [0.25, 0.3) is 0 Å². The fourth-order valence-electron chi connectivity index (χ4n) is 3.66. The third-order valence-corrected chi connectivity index (χ3v) is 5.06. The number of amides is 1. The van der Waals surface area contributed by atoms with Crippen molar-refractivity contribution in [2.24, 2.45) is 11.7 Å². The van der Waals surface area contributed by atoms with Crippen LogP contribution < -0.4 is 11.1 Å². The van der Waals surface area contributed by atoms with Crippen molar-refractivity contribution in [1.82, 2.24) is 10.2 Å². The Hall–Kier alpha value is -0.0700. The summed E-state index contributed by atoms with van der Waals surface area (Å²) in [6.07, 6.45) is 5.52. The summed E-state index contributed by atoms with van der Waals surface area (Å²) in [5, 5.41) is 3.17. The SMILES string of the molecule is CC1CC(NC(=O)C(N)C2CCOCC2)CN1C1CC1.Cl.Cl. The zero-order valence-electron chi connectivity index (χ0n) is 13.2. The van der Waals surface area contributed by atoms with Crippen LogP contribution in [0.3, 0.4) is 0 Å². The Kier molecular flexibility index (Phi) is 7.89. The van der Waals surface area contributed by atoms with Gasteiger partial charge in [-0.25, -0.2) is 0 Å². The lowest BCUT2D eigenvalue weighted by Gasteiger charge is -2.27. The van der Waals surface area contributed by atoms with E-state index < -0.39 is 0 Å². The molecule has 22 heavy (non-hydrogen) atoms. The van der Waals surface area contributed by atoms with Crippen molar-refractivity contribution in [3.8, 4) is 0 Å². The minimum atomic E-state index is -0.371. The predicted molar refractivity (Wildman–Crippen MR) is 91.8 cm³/mol. The molecule has 1 saturated carbocycles. The van der Waals surface area contributed by atoms with Gasteiger partial charge in [0.1, 0.15) is 0 Å². The number of rotatable bonds is 4. The highest BCUT2D eigenvalue weighted by Gasteiger charge is 2.39. The van der Waals surface area contributed by atoms with Crippen molar-refractivity contribution in [2.45, 2.75) is 63.2 Å².